The van der Waals surface area contributed by atoms with Crippen LogP contribution in [-0.2, 0) is 158 Å². The zero-order valence-corrected chi connectivity index (χ0v) is 45.7. The Hall–Kier alpha value is 3.36. The van der Waals surface area contributed by atoms with Gasteiger partial charge in [0.15, 0.2) is 6.29 Å². The second-order valence-electron chi connectivity index (χ2n) is 14.1. The van der Waals surface area contributed by atoms with E-state index in [4.69, 9.17) is 46.1 Å². The average Bonchev–Trinajstić information content (AvgIpc) is 3.16. The summed E-state index contributed by atoms with van der Waals surface area (Å²) in [7, 11) is -8.99. The predicted molar refractivity (Wildman–Crippen MR) is 199 cm³/mol. The fourth-order valence-electron chi connectivity index (χ4n) is 5.88. The van der Waals surface area contributed by atoms with Crippen LogP contribution in [0.3, 0.4) is 0 Å². The summed E-state index contributed by atoms with van der Waals surface area (Å²) in [5, 5.41) is 59.2. The van der Waals surface area contributed by atoms with E-state index in [0.717, 1.165) is 0 Å². The average molecular weight is 1130 g/mol. The first-order valence-corrected chi connectivity index (χ1v) is 22.8. The Morgan fingerprint density at radius 1 is 0.603 bits per heavy atom. The molecule has 0 aromatic carbocycles. The zero-order valence-electron chi connectivity index (χ0n) is 34.2. The zero-order chi connectivity index (χ0) is 40.8. The van der Waals surface area contributed by atoms with E-state index in [1.54, 1.807) is 13.8 Å². The van der Waals surface area contributed by atoms with Gasteiger partial charge in [-0.15, -0.1) is 0 Å². The molecule has 0 bridgehead atoms. The minimum atomic E-state index is -3.05. The van der Waals surface area contributed by atoms with Crippen LogP contribution in [0.5, 0.6) is 0 Å². The number of unbranched alkanes of at least 4 members (excludes halogenated alkanes) is 4. The van der Waals surface area contributed by atoms with E-state index in [0.29, 0.717) is 58.2 Å². The Kier molecular flexibility index (Phi) is 41.0. The molecule has 58 heavy (non-hydrogen) atoms. The first kappa shape index (κ1) is 63.4. The normalized spacial score (nSPS) is 29.4. The summed E-state index contributed by atoms with van der Waals surface area (Å²) in [6.07, 6.45) is -3.16. The van der Waals surface area contributed by atoms with Crippen LogP contribution in [0.15, 0.2) is 0 Å². The minimum absolute atomic E-state index is 0. The molecule has 0 amide bonds. The summed E-state index contributed by atoms with van der Waals surface area (Å²) in [4.78, 5) is 0. The van der Waals surface area contributed by atoms with Crippen molar-refractivity contribution in [2.24, 2.45) is 17.8 Å². The van der Waals surface area contributed by atoms with Crippen LogP contribution in [0.25, 0.3) is 0 Å². The van der Waals surface area contributed by atoms with E-state index in [2.05, 4.69) is 0 Å². The second-order valence-corrected chi connectivity index (χ2v) is 17.2. The molecule has 1 saturated carbocycles. The molecule has 337 valence electrons. The maximum absolute atomic E-state index is 12.4. The molecule has 1 aliphatic heterocycles. The van der Waals surface area contributed by atoms with E-state index in [1.807, 2.05) is 13.8 Å². The smallest absolute Gasteiger partial charge is 0.319 e. The first-order valence-electron chi connectivity index (χ1n) is 19.2. The maximum atomic E-state index is 12.4. The molecule has 3 radical (unpaired) electrons. The van der Waals surface area contributed by atoms with Crippen LogP contribution in [-0.4, -0.2) is 152 Å². The fourth-order valence-corrected chi connectivity index (χ4v) is 8.04. The molecule has 0 spiro atoms. The van der Waals surface area contributed by atoms with Gasteiger partial charge in [-0.3, -0.25) is 13.7 Å². The van der Waals surface area contributed by atoms with Crippen molar-refractivity contribution in [1.82, 2.24) is 0 Å². The molecule has 0 aromatic rings. The van der Waals surface area contributed by atoms with Crippen molar-refractivity contribution in [2.45, 2.75) is 128 Å². The summed E-state index contributed by atoms with van der Waals surface area (Å²) in [5.74, 6) is -1.20. The van der Waals surface area contributed by atoms with Crippen LogP contribution >= 0.6 is 24.8 Å². The summed E-state index contributed by atoms with van der Waals surface area (Å²) in [5.41, 5.74) is 0. The van der Waals surface area contributed by atoms with E-state index >= 15 is 0 Å². The van der Waals surface area contributed by atoms with Gasteiger partial charge in [0.05, 0.1) is 76.8 Å². The molecule has 2 rings (SSSR count). The monoisotopic (exact) mass is 1130 g/mol. The third kappa shape index (κ3) is 25.9. The van der Waals surface area contributed by atoms with Crippen LogP contribution < -0.4 is 0 Å². The number of hydrogen-bond acceptors (Lipinski definition) is 19. The minimum Gasteiger partial charge on any atom is -0.396 e. The number of rotatable bonds is 31. The summed E-state index contributed by atoms with van der Waals surface area (Å²) in [6, 6.07) is 0. The van der Waals surface area contributed by atoms with Crippen molar-refractivity contribution in [3.8, 4) is 0 Å². The fraction of sp³-hybridized carbons (Fsp3) is 1.00. The number of ether oxygens (including phenoxy) is 4. The predicted octanol–water partition coefficient (Wildman–Crippen LogP) is 2.23. The second kappa shape index (κ2) is 37.5. The molecule has 25 heteroatoms. The molecular formula is C33H67O19P3Y3. The quantitative estimate of drug-likeness (QED) is 0.0429. The molecule has 14 unspecified atom stereocenters. The Labute approximate surface area is 420 Å². The van der Waals surface area contributed by atoms with Crippen LogP contribution in [0.4, 0.5) is 0 Å². The number of hydrogen-bond donors (Lipinski definition) is 6. The van der Waals surface area contributed by atoms with Gasteiger partial charge in [-0.05, 0) is 58.8 Å². The van der Waals surface area contributed by atoms with Gasteiger partial charge in [0, 0.05) is 136 Å². The Balaban J connectivity index is 0. The molecule has 0 aromatic heterocycles. The van der Waals surface area contributed by atoms with Gasteiger partial charge in [-0.2, -0.15) is 0 Å². The first-order chi connectivity index (χ1) is 26.3. The summed E-state index contributed by atoms with van der Waals surface area (Å²) >= 11 is 0. The maximum Gasteiger partial charge on any atom is 0.319 e. The van der Waals surface area contributed by atoms with Crippen molar-refractivity contribution in [1.29, 1.82) is 0 Å². The molecule has 19 nitrogen and oxygen atoms in total. The van der Waals surface area contributed by atoms with Gasteiger partial charge in [-0.25, -0.2) is 0 Å². The summed E-state index contributed by atoms with van der Waals surface area (Å²) < 4.78 is 91.5. The molecule has 1 aliphatic carbocycles. The molecule has 1 saturated heterocycles. The Morgan fingerprint density at radius 2 is 1.12 bits per heavy atom. The van der Waals surface area contributed by atoms with E-state index in [9.17, 15) is 44.3 Å². The van der Waals surface area contributed by atoms with E-state index in [1.165, 1.54) is 0 Å². The standard InChI is InChI=1S/C33H67O19P3.3Y/c1-22(2)43-15-16-48-55(42)52-26(20-49-53(40)46-13-9-5-7-11-44-27-17-25(18-34)31(38)29(36)23(27)3)21-50-54(41)47-14-10-6-8-12-45-33-24(4)30(37)32(39)28(19-35)51-33;;;/h22-39,53-55H,5-21H2,1-4H3;;;. The van der Waals surface area contributed by atoms with Crippen LogP contribution in [0.2, 0.25) is 0 Å². The summed E-state index contributed by atoms with van der Waals surface area (Å²) in [6.45, 7) is 6.96. The van der Waals surface area contributed by atoms with Crippen molar-refractivity contribution >= 4 is 24.8 Å². The van der Waals surface area contributed by atoms with Gasteiger partial charge in [0.1, 0.15) is 18.3 Å². The Bertz CT molecular complexity index is 1030. The van der Waals surface area contributed by atoms with Gasteiger partial charge in [0.2, 0.25) is 0 Å². The largest absolute Gasteiger partial charge is 0.396 e. The SMILES string of the molecule is CC(C)OCCO[PH](=O)OC(CO[PH](=O)OCCCCCOC1CC(CO)C(O)C(O)C1C)CO[PH](=O)OCCCCCOC1OC(CO)C(O)C(O)C1C.[Y].[Y].[Y]. The third-order valence-electron chi connectivity index (χ3n) is 9.34. The van der Waals surface area contributed by atoms with Gasteiger partial charge >= 0.3 is 24.8 Å². The van der Waals surface area contributed by atoms with Gasteiger partial charge in [0.25, 0.3) is 0 Å². The van der Waals surface area contributed by atoms with Crippen LogP contribution in [0.1, 0.15) is 72.6 Å². The van der Waals surface area contributed by atoms with E-state index < -0.39 is 86.1 Å². The van der Waals surface area contributed by atoms with Crippen molar-refractivity contribution < 1.29 is 189 Å². The Morgan fingerprint density at radius 3 is 1.66 bits per heavy atom. The van der Waals surface area contributed by atoms with Crippen LogP contribution in [0, 0.1) is 17.8 Å². The van der Waals surface area contributed by atoms with Crippen molar-refractivity contribution in [3.05, 3.63) is 0 Å². The number of aliphatic hydroxyl groups is 6. The molecule has 6 N–H and O–H groups in total. The third-order valence-corrected chi connectivity index (χ3v) is 12.0. The van der Waals surface area contributed by atoms with Gasteiger partial charge < -0.3 is 76.7 Å². The molecule has 14 atom stereocenters. The van der Waals surface area contributed by atoms with Gasteiger partial charge in [-0.1, -0.05) is 13.8 Å². The topological polar surface area (TPSA) is 265 Å². The molecule has 2 aliphatic rings. The van der Waals surface area contributed by atoms with Crippen molar-refractivity contribution in [2.75, 3.05) is 66.1 Å². The molecular weight excluding hydrogens is 1060 g/mol. The molecule has 1 heterocycles. The molecule has 2 fully saturated rings. The number of aliphatic hydroxyl groups excluding tert-OH is 6. The van der Waals surface area contributed by atoms with E-state index in [-0.39, 0.29) is 163 Å². The van der Waals surface area contributed by atoms with Crippen molar-refractivity contribution in [3.63, 3.8) is 0 Å².